The van der Waals surface area contributed by atoms with Crippen molar-refractivity contribution in [3.63, 3.8) is 0 Å². The maximum Gasteiger partial charge on any atom is 0.248 e. The number of hydrogen-bond acceptors (Lipinski definition) is 8. The van der Waals surface area contributed by atoms with Gasteiger partial charge in [0.25, 0.3) is 0 Å². The highest BCUT2D eigenvalue weighted by atomic mass is 32.1. The van der Waals surface area contributed by atoms with Gasteiger partial charge in [0.15, 0.2) is 11.5 Å². The van der Waals surface area contributed by atoms with Gasteiger partial charge in [-0.2, -0.15) is 11.3 Å². The smallest absolute Gasteiger partial charge is 0.248 e. The van der Waals surface area contributed by atoms with E-state index in [0.29, 0.717) is 48.7 Å². The largest absolute Gasteiger partial charge is 0.490 e. The number of pyridine rings is 1. The van der Waals surface area contributed by atoms with Gasteiger partial charge >= 0.3 is 0 Å². The number of thiophene rings is 1. The first-order valence-corrected chi connectivity index (χ1v) is 11.1. The molecule has 0 saturated heterocycles. The molecule has 0 aliphatic carbocycles. The Morgan fingerprint density at radius 3 is 2.75 bits per heavy atom. The summed E-state index contributed by atoms with van der Waals surface area (Å²) in [5.41, 5.74) is 1.75. The molecule has 9 heteroatoms. The average Bonchev–Trinajstić information content (AvgIpc) is 3.51. The summed E-state index contributed by atoms with van der Waals surface area (Å²) in [5, 5.41) is 14.8. The molecular weight excluding hydrogens is 428 g/mol. The quantitative estimate of drug-likeness (QED) is 0.376. The van der Waals surface area contributed by atoms with E-state index in [-0.39, 0.29) is 12.3 Å². The lowest BCUT2D eigenvalue weighted by atomic mass is 10.2. The van der Waals surface area contributed by atoms with Crippen molar-refractivity contribution in [3.8, 4) is 28.8 Å². The average molecular weight is 451 g/mol. The van der Waals surface area contributed by atoms with E-state index in [9.17, 15) is 4.79 Å². The monoisotopic (exact) mass is 450 g/mol. The zero-order chi connectivity index (χ0) is 22.2. The van der Waals surface area contributed by atoms with Gasteiger partial charge in [0, 0.05) is 42.6 Å². The molecule has 0 atom stereocenters. The summed E-state index contributed by atoms with van der Waals surface area (Å²) in [4.78, 5) is 16.5. The summed E-state index contributed by atoms with van der Waals surface area (Å²) in [6.45, 7) is 2.84. The molecule has 0 saturated carbocycles. The van der Waals surface area contributed by atoms with Gasteiger partial charge in [-0.1, -0.05) is 18.2 Å². The van der Waals surface area contributed by atoms with Crippen LogP contribution in [0.2, 0.25) is 0 Å². The minimum Gasteiger partial charge on any atom is -0.490 e. The third-order valence-electron chi connectivity index (χ3n) is 4.45. The summed E-state index contributed by atoms with van der Waals surface area (Å²) in [5.74, 6) is 2.52. The summed E-state index contributed by atoms with van der Waals surface area (Å²) < 4.78 is 17.0. The molecule has 3 heterocycles. The van der Waals surface area contributed by atoms with Gasteiger partial charge in [0.05, 0.1) is 6.61 Å². The van der Waals surface area contributed by atoms with Crippen LogP contribution in [0.15, 0.2) is 63.8 Å². The number of nitrogens with zero attached hydrogens (tertiary/aromatic N) is 3. The Morgan fingerprint density at radius 2 is 2.00 bits per heavy atom. The Bertz CT molecular complexity index is 1140. The molecule has 0 radical (unpaired) electrons. The predicted molar refractivity (Wildman–Crippen MR) is 120 cm³/mol. The van der Waals surface area contributed by atoms with Crippen LogP contribution in [0.3, 0.4) is 0 Å². The number of rotatable bonds is 10. The maximum atomic E-state index is 12.2. The topological polar surface area (TPSA) is 99.4 Å². The molecule has 3 aromatic heterocycles. The van der Waals surface area contributed by atoms with Crippen LogP contribution in [0.5, 0.6) is 17.4 Å². The summed E-state index contributed by atoms with van der Waals surface area (Å²) in [6, 6.07) is 13.0. The van der Waals surface area contributed by atoms with Gasteiger partial charge in [0.1, 0.15) is 0 Å². The number of amides is 1. The number of carbonyl (C=O) groups is 1. The molecule has 1 aromatic carbocycles. The van der Waals surface area contributed by atoms with Crippen LogP contribution in [0.4, 0.5) is 0 Å². The second-order valence-electron chi connectivity index (χ2n) is 6.78. The molecule has 0 fully saturated rings. The number of aryl methyl sites for hydroxylation is 1. The van der Waals surface area contributed by atoms with E-state index < -0.39 is 0 Å². The fourth-order valence-electron chi connectivity index (χ4n) is 2.86. The number of nitrogens with one attached hydrogen (secondary N) is 1. The molecule has 32 heavy (non-hydrogen) atoms. The van der Waals surface area contributed by atoms with Gasteiger partial charge < -0.3 is 19.2 Å². The molecule has 4 aromatic rings. The third-order valence-corrected chi connectivity index (χ3v) is 5.13. The third kappa shape index (κ3) is 5.70. The van der Waals surface area contributed by atoms with Crippen molar-refractivity contribution >= 4 is 17.2 Å². The molecule has 0 spiro atoms. The second-order valence-corrected chi connectivity index (χ2v) is 7.56. The number of ether oxygens (including phenoxy) is 2. The van der Waals surface area contributed by atoms with Crippen molar-refractivity contribution < 1.29 is 18.7 Å². The Kier molecular flexibility index (Phi) is 7.08. The van der Waals surface area contributed by atoms with Gasteiger partial charge in [0.2, 0.25) is 23.6 Å². The van der Waals surface area contributed by atoms with E-state index >= 15 is 0 Å². The van der Waals surface area contributed by atoms with Crippen molar-refractivity contribution in [3.05, 3.63) is 70.9 Å². The van der Waals surface area contributed by atoms with Crippen LogP contribution in [0, 0.1) is 0 Å². The minimum atomic E-state index is -0.105. The van der Waals surface area contributed by atoms with Gasteiger partial charge in [-0.05, 0) is 36.1 Å². The lowest BCUT2D eigenvalue weighted by molar-refractivity contribution is -0.121. The van der Waals surface area contributed by atoms with Gasteiger partial charge in [-0.15, -0.1) is 10.2 Å². The van der Waals surface area contributed by atoms with Gasteiger partial charge in [-0.25, -0.2) is 4.98 Å². The SMILES string of the molecule is CCOc1ccccc1Oc1ccc(CNC(=O)CCc2nnc(-c3ccsc3)o2)cn1. The van der Waals surface area contributed by atoms with Gasteiger partial charge in [-0.3, -0.25) is 4.79 Å². The normalized spacial score (nSPS) is 10.7. The maximum absolute atomic E-state index is 12.2. The van der Waals surface area contributed by atoms with Crippen molar-refractivity contribution in [1.82, 2.24) is 20.5 Å². The van der Waals surface area contributed by atoms with Crippen molar-refractivity contribution in [1.29, 1.82) is 0 Å². The number of aromatic nitrogens is 3. The molecular formula is C23H22N4O4S. The van der Waals surface area contributed by atoms with E-state index in [1.807, 2.05) is 54.1 Å². The van der Waals surface area contributed by atoms with Crippen LogP contribution in [-0.2, 0) is 17.8 Å². The minimum absolute atomic E-state index is 0.105. The predicted octanol–water partition coefficient (Wildman–Crippen LogP) is 4.63. The van der Waals surface area contributed by atoms with E-state index in [1.54, 1.807) is 23.6 Å². The molecule has 8 nitrogen and oxygen atoms in total. The Balaban J connectivity index is 1.24. The van der Waals surface area contributed by atoms with Crippen LogP contribution in [0.1, 0.15) is 24.8 Å². The number of hydrogen-bond donors (Lipinski definition) is 1. The highest BCUT2D eigenvalue weighted by Gasteiger charge is 2.11. The second kappa shape index (κ2) is 10.5. The summed E-state index contributed by atoms with van der Waals surface area (Å²) >= 11 is 1.56. The fraction of sp³-hybridized carbons (Fsp3) is 0.217. The first-order chi connectivity index (χ1) is 15.7. The van der Waals surface area contributed by atoms with E-state index in [0.717, 1.165) is 11.1 Å². The molecule has 4 rings (SSSR count). The summed E-state index contributed by atoms with van der Waals surface area (Å²) in [7, 11) is 0. The number of para-hydroxylation sites is 2. The number of carbonyl (C=O) groups excluding carboxylic acids is 1. The van der Waals surface area contributed by atoms with Crippen LogP contribution in [-0.4, -0.2) is 27.7 Å². The first-order valence-electron chi connectivity index (χ1n) is 10.2. The first kappa shape index (κ1) is 21.5. The Morgan fingerprint density at radius 1 is 1.12 bits per heavy atom. The van der Waals surface area contributed by atoms with Crippen LogP contribution >= 0.6 is 11.3 Å². The molecule has 0 bridgehead atoms. The van der Waals surface area contributed by atoms with Crippen molar-refractivity contribution in [2.24, 2.45) is 0 Å². The lowest BCUT2D eigenvalue weighted by Gasteiger charge is -2.11. The Hall–Kier alpha value is -3.72. The van der Waals surface area contributed by atoms with E-state index in [2.05, 4.69) is 20.5 Å². The zero-order valence-electron chi connectivity index (χ0n) is 17.5. The molecule has 164 valence electrons. The standard InChI is InChI=1S/C23H22N4O4S/c1-2-29-18-5-3-4-6-19(18)30-21-9-7-16(14-25-21)13-24-20(28)8-10-22-26-27-23(31-22)17-11-12-32-15-17/h3-7,9,11-12,14-15H,2,8,10,13H2,1H3,(H,24,28). The molecule has 1 amide bonds. The van der Waals surface area contributed by atoms with Crippen molar-refractivity contribution in [2.45, 2.75) is 26.3 Å². The lowest BCUT2D eigenvalue weighted by Crippen LogP contribution is -2.23. The fourth-order valence-corrected chi connectivity index (χ4v) is 3.49. The Labute approximate surface area is 189 Å². The van der Waals surface area contributed by atoms with E-state index in [4.69, 9.17) is 13.9 Å². The molecule has 0 aliphatic rings. The molecule has 1 N–H and O–H groups in total. The van der Waals surface area contributed by atoms with Crippen LogP contribution < -0.4 is 14.8 Å². The highest BCUT2D eigenvalue weighted by molar-refractivity contribution is 7.08. The molecule has 0 aliphatic heterocycles. The zero-order valence-corrected chi connectivity index (χ0v) is 18.3. The number of benzene rings is 1. The summed E-state index contributed by atoms with van der Waals surface area (Å²) in [6.07, 6.45) is 2.31. The molecule has 0 unspecified atom stereocenters. The van der Waals surface area contributed by atoms with Crippen LogP contribution in [0.25, 0.3) is 11.5 Å². The van der Waals surface area contributed by atoms with E-state index in [1.165, 1.54) is 0 Å². The van der Waals surface area contributed by atoms with Crippen molar-refractivity contribution in [2.75, 3.05) is 6.61 Å². The highest BCUT2D eigenvalue weighted by Crippen LogP contribution is 2.30.